The van der Waals surface area contributed by atoms with E-state index in [9.17, 15) is 9.59 Å². The van der Waals surface area contributed by atoms with Crippen LogP contribution in [-0.4, -0.2) is 25.3 Å². The van der Waals surface area contributed by atoms with Crippen molar-refractivity contribution in [1.29, 1.82) is 0 Å². The van der Waals surface area contributed by atoms with Crippen LogP contribution in [-0.2, 0) is 22.4 Å². The fraction of sp³-hybridized carbons (Fsp3) is 0.724. The van der Waals surface area contributed by atoms with E-state index in [2.05, 4.69) is 31.3 Å². The number of unbranched alkanes of at least 4 members (excludes halogenated alkanes) is 3. The Hall–Kier alpha value is -1.84. The van der Waals surface area contributed by atoms with Gasteiger partial charge in [-0.1, -0.05) is 32.8 Å². The second-order valence-electron chi connectivity index (χ2n) is 11.0. The third-order valence-corrected chi connectivity index (χ3v) is 9.04. The van der Waals surface area contributed by atoms with Crippen LogP contribution < -0.4 is 10.1 Å². The van der Waals surface area contributed by atoms with E-state index in [-0.39, 0.29) is 11.3 Å². The normalized spacial score (nSPS) is 28.1. The maximum atomic E-state index is 12.6. The van der Waals surface area contributed by atoms with Crippen LogP contribution in [0.25, 0.3) is 0 Å². The van der Waals surface area contributed by atoms with Crippen molar-refractivity contribution in [3.8, 4) is 5.75 Å². The highest BCUT2D eigenvalue weighted by Crippen LogP contribution is 2.59. The summed E-state index contributed by atoms with van der Waals surface area (Å²) in [4.78, 5) is 24.5. The predicted molar refractivity (Wildman–Crippen MR) is 133 cm³/mol. The molecule has 1 aromatic carbocycles. The molecule has 3 aliphatic carbocycles. The molecule has 0 aliphatic heterocycles. The molecule has 33 heavy (non-hydrogen) atoms. The van der Waals surface area contributed by atoms with Crippen LogP contribution in [0.1, 0.15) is 107 Å². The van der Waals surface area contributed by atoms with E-state index in [4.69, 9.17) is 4.74 Å². The van der Waals surface area contributed by atoms with Gasteiger partial charge in [-0.25, -0.2) is 0 Å². The molecule has 182 valence electrons. The molecule has 2 saturated carbocycles. The van der Waals surface area contributed by atoms with Gasteiger partial charge in [0.15, 0.2) is 0 Å². The lowest BCUT2D eigenvalue weighted by molar-refractivity contribution is -0.129. The lowest BCUT2D eigenvalue weighted by Crippen LogP contribution is -2.42. The molecular formula is C29H43NO3. The van der Waals surface area contributed by atoms with E-state index in [1.165, 1.54) is 17.5 Å². The molecule has 0 radical (unpaired) electrons. The minimum absolute atomic E-state index is 0.0587. The molecule has 1 N–H and O–H groups in total. The zero-order valence-electron chi connectivity index (χ0n) is 21.0. The highest BCUT2D eigenvalue weighted by molar-refractivity contribution is 5.87. The summed E-state index contributed by atoms with van der Waals surface area (Å²) < 4.78 is 5.79. The molecule has 0 bridgehead atoms. The van der Waals surface area contributed by atoms with E-state index in [1.807, 2.05) is 0 Å². The highest BCUT2D eigenvalue weighted by atomic mass is 16.5. The van der Waals surface area contributed by atoms with Crippen molar-refractivity contribution in [3.63, 3.8) is 0 Å². The van der Waals surface area contributed by atoms with Gasteiger partial charge >= 0.3 is 0 Å². The van der Waals surface area contributed by atoms with E-state index >= 15 is 0 Å². The van der Waals surface area contributed by atoms with Crippen molar-refractivity contribution < 1.29 is 14.3 Å². The van der Waals surface area contributed by atoms with Crippen molar-refractivity contribution in [3.05, 3.63) is 28.8 Å². The standard InChI is InChI=1S/C29H43NO3/c1-4-5-17-30-28(32)10-8-6-7-9-21-18-24-20(19-26(21)33-3)11-12-23-22(24)15-16-29(2)25(23)13-14-27(29)31/h18-19,22-23,25H,4-17H2,1-3H3,(H,30,32)/t22?,23?,25?,29-/m0/s1. The molecule has 0 heterocycles. The zero-order chi connectivity index (χ0) is 23.4. The van der Waals surface area contributed by atoms with Crippen LogP contribution in [0, 0.1) is 17.3 Å². The summed E-state index contributed by atoms with van der Waals surface area (Å²) in [7, 11) is 1.79. The van der Waals surface area contributed by atoms with Crippen LogP contribution in [0.15, 0.2) is 12.1 Å². The van der Waals surface area contributed by atoms with Crippen molar-refractivity contribution >= 4 is 11.7 Å². The van der Waals surface area contributed by atoms with Gasteiger partial charge in [-0.15, -0.1) is 0 Å². The minimum atomic E-state index is -0.0587. The molecule has 0 aromatic heterocycles. The van der Waals surface area contributed by atoms with Gasteiger partial charge in [-0.3, -0.25) is 9.59 Å². The molecular weight excluding hydrogens is 410 g/mol. The number of ether oxygens (including phenoxy) is 1. The third kappa shape index (κ3) is 5.00. The average molecular weight is 454 g/mol. The van der Waals surface area contributed by atoms with Crippen LogP contribution in [0.2, 0.25) is 0 Å². The number of methoxy groups -OCH3 is 1. The summed E-state index contributed by atoms with van der Waals surface area (Å²) >= 11 is 0. The van der Waals surface area contributed by atoms with Gasteiger partial charge in [0.1, 0.15) is 11.5 Å². The number of fused-ring (bicyclic) bond motifs is 5. The number of nitrogens with one attached hydrogen (secondary N) is 1. The summed E-state index contributed by atoms with van der Waals surface area (Å²) in [6.45, 7) is 5.20. The fourth-order valence-electron chi connectivity index (χ4n) is 7.07. The summed E-state index contributed by atoms with van der Waals surface area (Å²) in [6.07, 6.45) is 13.3. The molecule has 2 fully saturated rings. The molecule has 3 aliphatic rings. The van der Waals surface area contributed by atoms with Gasteiger partial charge in [0, 0.05) is 24.8 Å². The number of carbonyl (C=O) groups excluding carboxylic acids is 2. The number of benzene rings is 1. The largest absolute Gasteiger partial charge is 0.496 e. The molecule has 3 unspecified atom stereocenters. The maximum Gasteiger partial charge on any atom is 0.219 e. The first-order valence-corrected chi connectivity index (χ1v) is 13.5. The monoisotopic (exact) mass is 453 g/mol. The Bertz CT molecular complexity index is 863. The fourth-order valence-corrected chi connectivity index (χ4v) is 7.07. The topological polar surface area (TPSA) is 55.4 Å². The SMILES string of the molecule is CCCCNC(=O)CCCCCc1cc2c(cc1OC)CCC1C2CC[C@]2(C)C(=O)CCC12. The molecule has 4 nitrogen and oxygen atoms in total. The zero-order valence-corrected chi connectivity index (χ0v) is 21.0. The lowest BCUT2D eigenvalue weighted by Gasteiger charge is -2.48. The van der Waals surface area contributed by atoms with Gasteiger partial charge in [-0.2, -0.15) is 0 Å². The van der Waals surface area contributed by atoms with Gasteiger partial charge in [0.25, 0.3) is 0 Å². The number of hydrogen-bond donors (Lipinski definition) is 1. The number of carbonyl (C=O) groups is 2. The average Bonchev–Trinajstić information content (AvgIpc) is 3.12. The van der Waals surface area contributed by atoms with E-state index in [0.29, 0.717) is 30.0 Å². The van der Waals surface area contributed by atoms with Gasteiger partial charge in [-0.05, 0) is 98.3 Å². The van der Waals surface area contributed by atoms with Crippen molar-refractivity contribution in [2.24, 2.45) is 17.3 Å². The summed E-state index contributed by atoms with van der Waals surface area (Å²) in [5, 5.41) is 3.01. The number of amides is 1. The highest BCUT2D eigenvalue weighted by Gasteiger charge is 2.54. The van der Waals surface area contributed by atoms with E-state index < -0.39 is 0 Å². The molecule has 4 rings (SSSR count). The Morgan fingerprint density at radius 3 is 2.76 bits per heavy atom. The molecule has 4 heteroatoms. The number of aryl methyl sites for hydroxylation is 2. The van der Waals surface area contributed by atoms with Crippen molar-refractivity contribution in [2.45, 2.75) is 103 Å². The second kappa shape index (κ2) is 10.6. The number of Topliss-reactive ketones (excluding diaryl/α,β-unsaturated/α-hetero) is 1. The molecule has 0 saturated heterocycles. The molecule has 1 amide bonds. The molecule has 0 spiro atoms. The first kappa shape index (κ1) is 24.3. The predicted octanol–water partition coefficient (Wildman–Crippen LogP) is 6.14. The van der Waals surface area contributed by atoms with Gasteiger partial charge in [0.2, 0.25) is 5.91 Å². The Labute approximate surface area is 200 Å². The van der Waals surface area contributed by atoms with Gasteiger partial charge < -0.3 is 10.1 Å². The summed E-state index contributed by atoms with van der Waals surface area (Å²) in [5.74, 6) is 3.58. The van der Waals surface area contributed by atoms with Crippen LogP contribution in [0.4, 0.5) is 0 Å². The van der Waals surface area contributed by atoms with Crippen LogP contribution in [0.3, 0.4) is 0 Å². The Kier molecular flexibility index (Phi) is 7.81. The van der Waals surface area contributed by atoms with Crippen molar-refractivity contribution in [2.75, 3.05) is 13.7 Å². The van der Waals surface area contributed by atoms with Crippen LogP contribution in [0.5, 0.6) is 5.75 Å². The van der Waals surface area contributed by atoms with E-state index in [1.54, 1.807) is 12.7 Å². The van der Waals surface area contributed by atoms with Gasteiger partial charge in [0.05, 0.1) is 7.11 Å². The summed E-state index contributed by atoms with van der Waals surface area (Å²) in [6, 6.07) is 4.75. The summed E-state index contributed by atoms with van der Waals surface area (Å²) in [5.41, 5.74) is 4.27. The first-order valence-electron chi connectivity index (χ1n) is 13.5. The molecule has 1 aromatic rings. The smallest absolute Gasteiger partial charge is 0.219 e. The first-order chi connectivity index (χ1) is 16.0. The minimum Gasteiger partial charge on any atom is -0.496 e. The quantitative estimate of drug-likeness (QED) is 0.433. The number of ketones is 1. The number of rotatable bonds is 10. The Morgan fingerprint density at radius 1 is 1.12 bits per heavy atom. The lowest BCUT2D eigenvalue weighted by atomic mass is 9.55. The third-order valence-electron chi connectivity index (χ3n) is 9.04. The number of hydrogen-bond acceptors (Lipinski definition) is 3. The Balaban J connectivity index is 1.38. The Morgan fingerprint density at radius 2 is 1.97 bits per heavy atom. The maximum absolute atomic E-state index is 12.6. The van der Waals surface area contributed by atoms with Crippen molar-refractivity contribution in [1.82, 2.24) is 5.32 Å². The second-order valence-corrected chi connectivity index (χ2v) is 11.0. The van der Waals surface area contributed by atoms with E-state index in [0.717, 1.165) is 82.9 Å². The van der Waals surface area contributed by atoms with Crippen LogP contribution >= 0.6 is 0 Å². The molecule has 4 atom stereocenters.